The first-order chi connectivity index (χ1) is 6.09. The number of benzene rings is 1. The van der Waals surface area contributed by atoms with Crippen molar-refractivity contribution in [2.45, 2.75) is 6.92 Å². The molecule has 0 fully saturated rings. The van der Waals surface area contributed by atoms with E-state index in [1.807, 2.05) is 13.0 Å². The summed E-state index contributed by atoms with van der Waals surface area (Å²) in [4.78, 5) is 1.13. The van der Waals surface area contributed by atoms with Crippen molar-refractivity contribution in [2.24, 2.45) is 0 Å². The van der Waals surface area contributed by atoms with Gasteiger partial charge in [0.2, 0.25) is 0 Å². The summed E-state index contributed by atoms with van der Waals surface area (Å²) in [5.74, 6) is 0.0389. The maximum absolute atomic E-state index is 9.40. The largest absolute Gasteiger partial charge is 0.506 e. The van der Waals surface area contributed by atoms with Gasteiger partial charge < -0.3 is 5.11 Å². The Kier molecular flexibility index (Phi) is 2.14. The van der Waals surface area contributed by atoms with E-state index in [4.69, 9.17) is 23.2 Å². The maximum atomic E-state index is 9.40. The van der Waals surface area contributed by atoms with E-state index in [9.17, 15) is 5.11 Å². The van der Waals surface area contributed by atoms with Crippen LogP contribution in [0.15, 0.2) is 12.1 Å². The molecule has 0 unspecified atom stereocenters. The van der Waals surface area contributed by atoms with Crippen LogP contribution in [0.5, 0.6) is 5.75 Å². The second kappa shape index (κ2) is 3.05. The number of thiophene rings is 1. The number of rotatable bonds is 0. The van der Waals surface area contributed by atoms with E-state index in [2.05, 4.69) is 0 Å². The van der Waals surface area contributed by atoms with Gasteiger partial charge in [0, 0.05) is 16.3 Å². The zero-order valence-electron chi connectivity index (χ0n) is 6.77. The Morgan fingerprint density at radius 3 is 2.69 bits per heavy atom. The second-order valence-electron chi connectivity index (χ2n) is 2.79. The molecule has 0 saturated heterocycles. The molecule has 1 heterocycles. The molecule has 2 rings (SSSR count). The Hall–Kier alpha value is -0.440. The van der Waals surface area contributed by atoms with Crippen molar-refractivity contribution in [3.63, 3.8) is 0 Å². The average molecular weight is 233 g/mol. The van der Waals surface area contributed by atoms with Gasteiger partial charge in [0.15, 0.2) is 0 Å². The average Bonchev–Trinajstić information content (AvgIpc) is 2.44. The molecule has 1 aromatic heterocycles. The van der Waals surface area contributed by atoms with Gasteiger partial charge in [-0.2, -0.15) is 0 Å². The molecule has 2 aromatic rings. The quantitative estimate of drug-likeness (QED) is 0.722. The standard InChI is InChI=1S/C9H6Cl2OS/c1-4-2-5-8(11)7(12)3-6(10)9(5)13-4/h2-3,12H,1H3. The number of aromatic hydroxyl groups is 1. The van der Waals surface area contributed by atoms with E-state index in [1.54, 1.807) is 11.3 Å². The number of aryl methyl sites for hydroxylation is 1. The summed E-state index contributed by atoms with van der Waals surface area (Å²) < 4.78 is 0.932. The van der Waals surface area contributed by atoms with E-state index < -0.39 is 0 Å². The molecule has 4 heteroatoms. The summed E-state index contributed by atoms with van der Waals surface area (Å²) in [5.41, 5.74) is 0. The summed E-state index contributed by atoms with van der Waals surface area (Å²) in [7, 11) is 0. The number of hydrogen-bond donors (Lipinski definition) is 1. The molecular weight excluding hydrogens is 227 g/mol. The summed E-state index contributed by atoms with van der Waals surface area (Å²) in [6.45, 7) is 1.98. The van der Waals surface area contributed by atoms with Gasteiger partial charge in [-0.25, -0.2) is 0 Å². The fourth-order valence-electron chi connectivity index (χ4n) is 1.24. The van der Waals surface area contributed by atoms with E-state index in [0.29, 0.717) is 10.0 Å². The first-order valence-corrected chi connectivity index (χ1v) is 5.24. The minimum Gasteiger partial charge on any atom is -0.506 e. The number of fused-ring (bicyclic) bond motifs is 1. The predicted molar refractivity (Wildman–Crippen MR) is 58.2 cm³/mol. The van der Waals surface area contributed by atoms with Crippen LogP contribution in [0.3, 0.4) is 0 Å². The van der Waals surface area contributed by atoms with Crippen LogP contribution in [0.1, 0.15) is 4.88 Å². The first-order valence-electron chi connectivity index (χ1n) is 3.66. The van der Waals surface area contributed by atoms with Crippen LogP contribution in [0, 0.1) is 6.92 Å². The van der Waals surface area contributed by atoms with Crippen molar-refractivity contribution in [1.29, 1.82) is 0 Å². The summed E-state index contributed by atoms with van der Waals surface area (Å²) >= 11 is 13.4. The monoisotopic (exact) mass is 232 g/mol. The Bertz CT molecular complexity index is 476. The van der Waals surface area contributed by atoms with Gasteiger partial charge >= 0.3 is 0 Å². The van der Waals surface area contributed by atoms with Gasteiger partial charge in [-0.15, -0.1) is 11.3 Å². The molecule has 1 aromatic carbocycles. The molecule has 0 saturated carbocycles. The highest BCUT2D eigenvalue weighted by Crippen LogP contribution is 2.41. The minimum absolute atomic E-state index is 0.0389. The van der Waals surface area contributed by atoms with Crippen molar-refractivity contribution in [3.8, 4) is 5.75 Å². The van der Waals surface area contributed by atoms with Crippen molar-refractivity contribution in [2.75, 3.05) is 0 Å². The molecular formula is C9H6Cl2OS. The molecule has 0 atom stereocenters. The van der Waals surface area contributed by atoms with E-state index in [0.717, 1.165) is 15.0 Å². The summed E-state index contributed by atoms with van der Waals surface area (Å²) in [6.07, 6.45) is 0. The zero-order valence-corrected chi connectivity index (χ0v) is 9.09. The third-order valence-corrected chi connectivity index (χ3v) is 3.69. The number of phenols is 1. The fraction of sp³-hybridized carbons (Fsp3) is 0.111. The molecule has 0 spiro atoms. The Morgan fingerprint density at radius 1 is 1.31 bits per heavy atom. The van der Waals surface area contributed by atoms with Crippen LogP contribution in [-0.4, -0.2) is 5.11 Å². The third kappa shape index (κ3) is 1.39. The maximum Gasteiger partial charge on any atom is 0.136 e. The molecule has 0 aliphatic carbocycles. The first kappa shape index (κ1) is 9.13. The van der Waals surface area contributed by atoms with Gasteiger partial charge in [0.1, 0.15) is 5.75 Å². The summed E-state index contributed by atoms with van der Waals surface area (Å²) in [6, 6.07) is 3.40. The number of hydrogen-bond acceptors (Lipinski definition) is 2. The molecule has 0 amide bonds. The topological polar surface area (TPSA) is 20.2 Å². The normalized spacial score (nSPS) is 11.0. The molecule has 13 heavy (non-hydrogen) atoms. The van der Waals surface area contributed by atoms with E-state index in [-0.39, 0.29) is 5.75 Å². The zero-order chi connectivity index (χ0) is 9.59. The Labute approximate surface area is 89.5 Å². The van der Waals surface area contributed by atoms with Crippen molar-refractivity contribution in [3.05, 3.63) is 27.1 Å². The lowest BCUT2D eigenvalue weighted by Gasteiger charge is -1.99. The molecule has 0 aliphatic heterocycles. The van der Waals surface area contributed by atoms with Crippen molar-refractivity contribution < 1.29 is 5.11 Å². The highest BCUT2D eigenvalue weighted by atomic mass is 35.5. The summed E-state index contributed by atoms with van der Waals surface area (Å²) in [5, 5.41) is 11.2. The molecule has 68 valence electrons. The van der Waals surface area contributed by atoms with Crippen LogP contribution in [-0.2, 0) is 0 Å². The molecule has 1 nitrogen and oxygen atoms in total. The van der Waals surface area contributed by atoms with Crippen molar-refractivity contribution >= 4 is 44.6 Å². The van der Waals surface area contributed by atoms with Gasteiger partial charge in [-0.3, -0.25) is 0 Å². The lowest BCUT2D eigenvalue weighted by Crippen LogP contribution is -1.71. The SMILES string of the molecule is Cc1cc2c(Cl)c(O)cc(Cl)c2s1. The van der Waals surface area contributed by atoms with Gasteiger partial charge in [-0.1, -0.05) is 23.2 Å². The van der Waals surface area contributed by atoms with Crippen LogP contribution in [0.4, 0.5) is 0 Å². The Morgan fingerprint density at radius 2 is 2.00 bits per heavy atom. The van der Waals surface area contributed by atoms with Crippen LogP contribution >= 0.6 is 34.5 Å². The van der Waals surface area contributed by atoms with Crippen LogP contribution < -0.4 is 0 Å². The van der Waals surface area contributed by atoms with E-state index >= 15 is 0 Å². The van der Waals surface area contributed by atoms with Gasteiger partial charge in [0.25, 0.3) is 0 Å². The molecule has 0 aliphatic rings. The molecule has 1 N–H and O–H groups in total. The molecule has 0 radical (unpaired) electrons. The highest BCUT2D eigenvalue weighted by Gasteiger charge is 2.10. The number of phenolic OH excluding ortho intramolecular Hbond substituents is 1. The minimum atomic E-state index is 0.0389. The smallest absolute Gasteiger partial charge is 0.136 e. The van der Waals surface area contributed by atoms with Crippen LogP contribution in [0.25, 0.3) is 10.1 Å². The second-order valence-corrected chi connectivity index (χ2v) is 4.83. The lowest BCUT2D eigenvalue weighted by molar-refractivity contribution is 0.476. The van der Waals surface area contributed by atoms with E-state index in [1.165, 1.54) is 6.07 Å². The highest BCUT2D eigenvalue weighted by molar-refractivity contribution is 7.19. The molecule has 0 bridgehead atoms. The third-order valence-electron chi connectivity index (χ3n) is 1.80. The lowest BCUT2D eigenvalue weighted by atomic mass is 10.2. The predicted octanol–water partition coefficient (Wildman–Crippen LogP) is 4.22. The van der Waals surface area contributed by atoms with Gasteiger partial charge in [-0.05, 0) is 13.0 Å². The van der Waals surface area contributed by atoms with Crippen molar-refractivity contribution in [1.82, 2.24) is 0 Å². The Balaban J connectivity index is 2.95. The van der Waals surface area contributed by atoms with Gasteiger partial charge in [0.05, 0.1) is 14.7 Å². The van der Waals surface area contributed by atoms with Crippen LogP contribution in [0.2, 0.25) is 10.0 Å². The number of halogens is 2. The fourth-order valence-corrected chi connectivity index (χ4v) is 2.75.